The van der Waals surface area contributed by atoms with E-state index in [0.717, 1.165) is 17.7 Å². The lowest BCUT2D eigenvalue weighted by atomic mass is 9.84. The number of benzene rings is 2. The molecule has 1 amide bonds. The van der Waals surface area contributed by atoms with E-state index in [0.29, 0.717) is 11.3 Å². The van der Waals surface area contributed by atoms with E-state index in [-0.39, 0.29) is 24.5 Å². The number of allylic oxidation sites excluding steroid dienone is 1. The van der Waals surface area contributed by atoms with Gasteiger partial charge in [0.15, 0.2) is 11.6 Å². The number of ether oxygens (including phenoxy) is 1. The van der Waals surface area contributed by atoms with Gasteiger partial charge in [-0.1, -0.05) is 36.4 Å². The van der Waals surface area contributed by atoms with E-state index in [4.69, 9.17) is 4.74 Å². The van der Waals surface area contributed by atoms with Crippen molar-refractivity contribution in [3.05, 3.63) is 82.6 Å². The van der Waals surface area contributed by atoms with Crippen LogP contribution in [0, 0.1) is 11.6 Å². The van der Waals surface area contributed by atoms with Crippen LogP contribution in [0.1, 0.15) is 30.4 Å². The number of hydrogen-bond donors (Lipinski definition) is 1. The molecule has 0 saturated heterocycles. The van der Waals surface area contributed by atoms with E-state index < -0.39 is 23.5 Å². The predicted octanol–water partition coefficient (Wildman–Crippen LogP) is 3.59. The SMILES string of the molecule is CC1=C(C(=O)OCc2ccccc2)[C@@H](c2ccc(F)c(F)c2)CC(=O)N1. The van der Waals surface area contributed by atoms with Crippen molar-refractivity contribution in [2.24, 2.45) is 0 Å². The van der Waals surface area contributed by atoms with Crippen LogP contribution in [0.2, 0.25) is 0 Å². The smallest absolute Gasteiger partial charge is 0.336 e. The minimum absolute atomic E-state index is 0.0435. The molecule has 6 heteroatoms. The van der Waals surface area contributed by atoms with E-state index >= 15 is 0 Å². The van der Waals surface area contributed by atoms with Crippen LogP contribution < -0.4 is 5.32 Å². The molecule has 1 aliphatic heterocycles. The first-order valence-corrected chi connectivity index (χ1v) is 8.12. The van der Waals surface area contributed by atoms with Crippen LogP contribution in [0.3, 0.4) is 0 Å². The second kappa shape index (κ2) is 7.47. The van der Waals surface area contributed by atoms with E-state index in [9.17, 15) is 18.4 Å². The molecule has 3 rings (SSSR count). The van der Waals surface area contributed by atoms with E-state index in [1.165, 1.54) is 6.07 Å². The zero-order chi connectivity index (χ0) is 18.7. The standard InChI is InChI=1S/C20H17F2NO3/c1-12-19(20(25)26-11-13-5-3-2-4-6-13)15(10-18(24)23-12)14-7-8-16(21)17(22)9-14/h2-9,15H,10-11H2,1H3,(H,23,24)/t15-/m1/s1. The Kier molecular flexibility index (Phi) is 5.11. The molecule has 0 spiro atoms. The highest BCUT2D eigenvalue weighted by molar-refractivity contribution is 5.95. The maximum atomic E-state index is 13.6. The van der Waals surface area contributed by atoms with Crippen molar-refractivity contribution in [3.8, 4) is 0 Å². The van der Waals surface area contributed by atoms with Crippen molar-refractivity contribution < 1.29 is 23.1 Å². The van der Waals surface area contributed by atoms with Crippen LogP contribution in [0.4, 0.5) is 8.78 Å². The molecule has 0 unspecified atom stereocenters. The molecule has 0 aromatic heterocycles. The summed E-state index contributed by atoms with van der Waals surface area (Å²) in [7, 11) is 0. The molecular weight excluding hydrogens is 340 g/mol. The number of hydrogen-bond acceptors (Lipinski definition) is 3. The maximum Gasteiger partial charge on any atom is 0.336 e. The molecule has 0 fully saturated rings. The first kappa shape index (κ1) is 17.8. The largest absolute Gasteiger partial charge is 0.457 e. The fraction of sp³-hybridized carbons (Fsp3) is 0.200. The third kappa shape index (κ3) is 3.79. The van der Waals surface area contributed by atoms with Crippen molar-refractivity contribution in [3.63, 3.8) is 0 Å². The molecule has 4 nitrogen and oxygen atoms in total. The van der Waals surface area contributed by atoms with Gasteiger partial charge in [0.2, 0.25) is 5.91 Å². The number of esters is 1. The Labute approximate surface area is 149 Å². The fourth-order valence-electron chi connectivity index (χ4n) is 2.99. The lowest BCUT2D eigenvalue weighted by Gasteiger charge is -2.26. The highest BCUT2D eigenvalue weighted by atomic mass is 19.2. The number of carbonyl (C=O) groups is 2. The Morgan fingerprint density at radius 3 is 2.58 bits per heavy atom. The van der Waals surface area contributed by atoms with Gasteiger partial charge in [0.1, 0.15) is 6.61 Å². The van der Waals surface area contributed by atoms with Gasteiger partial charge in [-0.3, -0.25) is 4.79 Å². The number of halogens is 2. The van der Waals surface area contributed by atoms with Crippen LogP contribution in [0.25, 0.3) is 0 Å². The highest BCUT2D eigenvalue weighted by Crippen LogP contribution is 2.34. The van der Waals surface area contributed by atoms with Crippen molar-refractivity contribution in [1.82, 2.24) is 5.32 Å². The molecule has 26 heavy (non-hydrogen) atoms. The molecule has 0 saturated carbocycles. The van der Waals surface area contributed by atoms with Gasteiger partial charge < -0.3 is 10.1 Å². The molecule has 0 bridgehead atoms. The first-order chi connectivity index (χ1) is 12.5. The molecule has 134 valence electrons. The lowest BCUT2D eigenvalue weighted by Crippen LogP contribution is -2.34. The molecule has 0 aliphatic carbocycles. The van der Waals surface area contributed by atoms with Crippen LogP contribution in [-0.2, 0) is 20.9 Å². The van der Waals surface area contributed by atoms with Crippen LogP contribution in [-0.4, -0.2) is 11.9 Å². The minimum Gasteiger partial charge on any atom is -0.457 e. The molecular formula is C20H17F2NO3. The van der Waals surface area contributed by atoms with E-state index in [2.05, 4.69) is 5.32 Å². The Morgan fingerprint density at radius 1 is 1.15 bits per heavy atom. The van der Waals surface area contributed by atoms with Crippen molar-refractivity contribution >= 4 is 11.9 Å². The third-order valence-electron chi connectivity index (χ3n) is 4.25. The number of rotatable bonds is 4. The van der Waals surface area contributed by atoms with Crippen molar-refractivity contribution in [2.75, 3.05) is 0 Å². The molecule has 1 aliphatic rings. The predicted molar refractivity (Wildman–Crippen MR) is 90.8 cm³/mol. The van der Waals surface area contributed by atoms with Crippen LogP contribution in [0.5, 0.6) is 0 Å². The molecule has 0 radical (unpaired) electrons. The summed E-state index contributed by atoms with van der Waals surface area (Å²) in [5, 5.41) is 2.61. The molecule has 2 aromatic carbocycles. The lowest BCUT2D eigenvalue weighted by molar-refractivity contribution is -0.141. The average molecular weight is 357 g/mol. The fourth-order valence-corrected chi connectivity index (χ4v) is 2.99. The van der Waals surface area contributed by atoms with Gasteiger partial charge in [-0.05, 0) is 30.2 Å². The van der Waals surface area contributed by atoms with Gasteiger partial charge in [0, 0.05) is 18.0 Å². The number of nitrogens with one attached hydrogen (secondary N) is 1. The van der Waals surface area contributed by atoms with Gasteiger partial charge in [-0.25, -0.2) is 13.6 Å². The first-order valence-electron chi connectivity index (χ1n) is 8.12. The molecule has 1 atom stereocenters. The number of amides is 1. The Balaban J connectivity index is 1.87. The topological polar surface area (TPSA) is 55.4 Å². The van der Waals surface area contributed by atoms with E-state index in [1.54, 1.807) is 6.92 Å². The normalized spacial score (nSPS) is 17.0. The summed E-state index contributed by atoms with van der Waals surface area (Å²) in [6, 6.07) is 12.5. The minimum atomic E-state index is -1.02. The van der Waals surface area contributed by atoms with Crippen molar-refractivity contribution in [1.29, 1.82) is 0 Å². The Bertz CT molecular complexity index is 878. The summed E-state index contributed by atoms with van der Waals surface area (Å²) in [5.74, 6) is -3.59. The molecule has 2 aromatic rings. The van der Waals surface area contributed by atoms with Gasteiger partial charge in [-0.15, -0.1) is 0 Å². The monoisotopic (exact) mass is 357 g/mol. The second-order valence-electron chi connectivity index (χ2n) is 6.08. The van der Waals surface area contributed by atoms with E-state index in [1.807, 2.05) is 30.3 Å². The zero-order valence-corrected chi connectivity index (χ0v) is 14.1. The Morgan fingerprint density at radius 2 is 1.88 bits per heavy atom. The van der Waals surface area contributed by atoms with Crippen LogP contribution >= 0.6 is 0 Å². The van der Waals surface area contributed by atoms with Crippen LogP contribution in [0.15, 0.2) is 59.8 Å². The summed E-state index contributed by atoms with van der Waals surface area (Å²) in [5.41, 5.74) is 1.77. The highest BCUT2D eigenvalue weighted by Gasteiger charge is 2.33. The second-order valence-corrected chi connectivity index (χ2v) is 6.08. The quantitative estimate of drug-likeness (QED) is 0.851. The summed E-state index contributed by atoms with van der Waals surface area (Å²) < 4.78 is 32.2. The average Bonchev–Trinajstić information content (AvgIpc) is 2.62. The maximum absolute atomic E-state index is 13.6. The van der Waals surface area contributed by atoms with Gasteiger partial charge in [-0.2, -0.15) is 0 Å². The number of carbonyl (C=O) groups excluding carboxylic acids is 2. The van der Waals surface area contributed by atoms with Gasteiger partial charge in [0.05, 0.1) is 5.57 Å². The van der Waals surface area contributed by atoms with Crippen molar-refractivity contribution in [2.45, 2.75) is 25.9 Å². The summed E-state index contributed by atoms with van der Waals surface area (Å²) >= 11 is 0. The van der Waals surface area contributed by atoms with Gasteiger partial charge >= 0.3 is 5.97 Å². The third-order valence-corrected chi connectivity index (χ3v) is 4.25. The van der Waals surface area contributed by atoms with Gasteiger partial charge in [0.25, 0.3) is 0 Å². The zero-order valence-electron chi connectivity index (χ0n) is 14.1. The molecule has 1 N–H and O–H groups in total. The Hall–Kier alpha value is -3.02. The molecule has 1 heterocycles. The summed E-state index contributed by atoms with van der Waals surface area (Å²) in [6.07, 6.45) is -0.0435. The summed E-state index contributed by atoms with van der Waals surface area (Å²) in [4.78, 5) is 24.5. The summed E-state index contributed by atoms with van der Waals surface area (Å²) in [6.45, 7) is 1.66.